The molecule has 0 aromatic rings. The maximum absolute atomic E-state index is 11.1. The Morgan fingerprint density at radius 3 is 1.16 bits per heavy atom. The largest absolute Gasteiger partial charge is 0.396 e. The minimum atomic E-state index is -0.628. The van der Waals surface area contributed by atoms with Crippen LogP contribution in [0, 0.1) is 58.2 Å². The average Bonchev–Trinajstić information content (AvgIpc) is 3.07. The van der Waals surface area contributed by atoms with Gasteiger partial charge in [-0.05, 0) is 91.8 Å². The van der Waals surface area contributed by atoms with E-state index in [-0.39, 0.29) is 47.0 Å². The molecule has 9 heteroatoms. The monoisotopic (exact) mass is 707 g/mol. The van der Waals surface area contributed by atoms with E-state index in [0.717, 1.165) is 25.7 Å². The van der Waals surface area contributed by atoms with Gasteiger partial charge in [0.1, 0.15) is 0 Å². The molecule has 0 aromatic carbocycles. The minimum Gasteiger partial charge on any atom is -0.396 e. The van der Waals surface area contributed by atoms with Crippen LogP contribution in [0.2, 0.25) is 0 Å². The van der Waals surface area contributed by atoms with E-state index in [9.17, 15) is 20.4 Å². The quantitative estimate of drug-likeness (QED) is 0.0641. The highest BCUT2D eigenvalue weighted by Crippen LogP contribution is 2.51. The molecule has 0 saturated carbocycles. The standard InChI is InChI=1S/C40H82O9/c1-28(39(6,7)30(3)22-34(26-48-12)37(43)17-20-46-10)14-15-29(2)40(8,31(4)23-33(25-41)36(42)16-19-45-9)32(5)24-35(27-49-13)38(44)18-21-47-11/h28-38,41-44H,14-27H2,1-13H3. The summed E-state index contributed by atoms with van der Waals surface area (Å²) in [5, 5.41) is 43.3. The van der Waals surface area contributed by atoms with Gasteiger partial charge in [-0.3, -0.25) is 0 Å². The Hall–Kier alpha value is -0.360. The van der Waals surface area contributed by atoms with Gasteiger partial charge in [0, 0.05) is 79.7 Å². The van der Waals surface area contributed by atoms with Crippen LogP contribution in [0.5, 0.6) is 0 Å². The fraction of sp³-hybridized carbons (Fsp3) is 1.00. The summed E-state index contributed by atoms with van der Waals surface area (Å²) in [5.74, 6) is 1.42. The molecule has 0 fully saturated rings. The SMILES string of the molecule is COCCC(O)C(COC)CC(C)C(C)(C)C(C)CCC(C)C(C)(C(C)CC(CO)C(O)CCOC)C(C)CC(COC)C(O)CCOC. The summed E-state index contributed by atoms with van der Waals surface area (Å²) in [4.78, 5) is 0. The molecule has 0 amide bonds. The summed E-state index contributed by atoms with van der Waals surface area (Å²) in [6, 6.07) is 0. The van der Waals surface area contributed by atoms with Crippen LogP contribution in [-0.2, 0) is 23.7 Å². The third-order valence-corrected chi connectivity index (χ3v) is 13.2. The van der Waals surface area contributed by atoms with E-state index in [1.54, 1.807) is 35.5 Å². The molecule has 0 bridgehead atoms. The predicted molar refractivity (Wildman–Crippen MR) is 200 cm³/mol. The molecule has 12 atom stereocenters. The van der Waals surface area contributed by atoms with Crippen molar-refractivity contribution >= 4 is 0 Å². The van der Waals surface area contributed by atoms with Gasteiger partial charge in [0.05, 0.1) is 31.5 Å². The van der Waals surface area contributed by atoms with E-state index in [1.165, 1.54) is 0 Å². The molecule has 0 rings (SSSR count). The number of hydrogen-bond acceptors (Lipinski definition) is 9. The first kappa shape index (κ1) is 48.6. The second-order valence-electron chi connectivity index (χ2n) is 16.4. The van der Waals surface area contributed by atoms with Crippen LogP contribution in [0.1, 0.15) is 107 Å². The number of rotatable bonds is 31. The molecule has 4 N–H and O–H groups in total. The third-order valence-electron chi connectivity index (χ3n) is 13.2. The molecule has 12 unspecified atom stereocenters. The van der Waals surface area contributed by atoms with E-state index in [4.69, 9.17) is 23.7 Å². The zero-order valence-electron chi connectivity index (χ0n) is 34.1. The number of ether oxygens (including phenoxy) is 5. The lowest BCUT2D eigenvalue weighted by atomic mass is 9.56. The van der Waals surface area contributed by atoms with Gasteiger partial charge in [-0.15, -0.1) is 0 Å². The number of methoxy groups -OCH3 is 5. The Morgan fingerprint density at radius 1 is 0.449 bits per heavy atom. The van der Waals surface area contributed by atoms with Crippen LogP contribution in [0.25, 0.3) is 0 Å². The van der Waals surface area contributed by atoms with E-state index in [1.807, 2.05) is 0 Å². The van der Waals surface area contributed by atoms with Crippen molar-refractivity contribution in [1.29, 1.82) is 0 Å². The van der Waals surface area contributed by atoms with Gasteiger partial charge in [0.15, 0.2) is 0 Å². The third kappa shape index (κ3) is 16.0. The number of aliphatic hydroxyl groups excluding tert-OH is 4. The molecule has 0 spiro atoms. The van der Waals surface area contributed by atoms with Crippen LogP contribution in [0.3, 0.4) is 0 Å². The molecule has 0 radical (unpaired) electrons. The van der Waals surface area contributed by atoms with Crippen molar-refractivity contribution in [1.82, 2.24) is 0 Å². The topological polar surface area (TPSA) is 127 Å². The summed E-state index contributed by atoms with van der Waals surface area (Å²) in [6.45, 7) is 21.2. The Labute approximate surface area is 302 Å². The predicted octanol–water partition coefficient (Wildman–Crippen LogP) is 6.48. The first-order chi connectivity index (χ1) is 23.0. The van der Waals surface area contributed by atoms with E-state index in [2.05, 4.69) is 55.4 Å². The Balaban J connectivity index is 6.17. The summed E-state index contributed by atoms with van der Waals surface area (Å²) < 4.78 is 26.8. The smallest absolute Gasteiger partial charge is 0.0612 e. The lowest BCUT2D eigenvalue weighted by Crippen LogP contribution is -2.43. The minimum absolute atomic E-state index is 0.0206. The normalized spacial score (nSPS) is 20.8. The van der Waals surface area contributed by atoms with Crippen molar-refractivity contribution in [2.24, 2.45) is 58.2 Å². The maximum Gasteiger partial charge on any atom is 0.0612 e. The lowest BCUT2D eigenvalue weighted by molar-refractivity contribution is -0.0400. The average molecular weight is 707 g/mol. The highest BCUT2D eigenvalue weighted by molar-refractivity contribution is 4.93. The summed E-state index contributed by atoms with van der Waals surface area (Å²) >= 11 is 0. The highest BCUT2D eigenvalue weighted by Gasteiger charge is 2.44. The Morgan fingerprint density at radius 2 is 0.796 bits per heavy atom. The molecule has 0 aliphatic carbocycles. The van der Waals surface area contributed by atoms with Crippen LogP contribution in [0.15, 0.2) is 0 Å². The molecule has 0 saturated heterocycles. The molecule has 0 aliphatic heterocycles. The van der Waals surface area contributed by atoms with Crippen molar-refractivity contribution in [2.75, 3.05) is 75.2 Å². The van der Waals surface area contributed by atoms with Crippen LogP contribution in [-0.4, -0.2) is 114 Å². The fourth-order valence-corrected chi connectivity index (χ4v) is 8.18. The second-order valence-corrected chi connectivity index (χ2v) is 16.4. The van der Waals surface area contributed by atoms with Gasteiger partial charge in [-0.2, -0.15) is 0 Å². The lowest BCUT2D eigenvalue weighted by Gasteiger charge is -2.49. The van der Waals surface area contributed by atoms with Gasteiger partial charge < -0.3 is 44.1 Å². The van der Waals surface area contributed by atoms with E-state index in [0.29, 0.717) is 76.5 Å². The fourth-order valence-electron chi connectivity index (χ4n) is 8.18. The van der Waals surface area contributed by atoms with Crippen LogP contribution >= 0.6 is 0 Å². The van der Waals surface area contributed by atoms with Crippen molar-refractivity contribution in [3.63, 3.8) is 0 Å². The Bertz CT molecular complexity index is 798. The molecular formula is C40H82O9. The van der Waals surface area contributed by atoms with Gasteiger partial charge >= 0.3 is 0 Å². The van der Waals surface area contributed by atoms with Gasteiger partial charge in [-0.25, -0.2) is 0 Å². The zero-order valence-corrected chi connectivity index (χ0v) is 34.1. The van der Waals surface area contributed by atoms with Gasteiger partial charge in [-0.1, -0.05) is 55.4 Å². The van der Waals surface area contributed by atoms with E-state index >= 15 is 0 Å². The molecule has 9 nitrogen and oxygen atoms in total. The molecule has 49 heavy (non-hydrogen) atoms. The number of aliphatic hydroxyl groups is 4. The van der Waals surface area contributed by atoms with E-state index < -0.39 is 18.3 Å². The first-order valence-electron chi connectivity index (χ1n) is 19.1. The summed E-state index contributed by atoms with van der Waals surface area (Å²) in [7, 11) is 8.36. The molecule has 0 aromatic heterocycles. The van der Waals surface area contributed by atoms with Gasteiger partial charge in [0.2, 0.25) is 0 Å². The van der Waals surface area contributed by atoms with Gasteiger partial charge in [0.25, 0.3) is 0 Å². The highest BCUT2D eigenvalue weighted by atomic mass is 16.5. The van der Waals surface area contributed by atoms with Crippen molar-refractivity contribution < 1.29 is 44.1 Å². The van der Waals surface area contributed by atoms with Crippen molar-refractivity contribution in [3.8, 4) is 0 Å². The second kappa shape index (κ2) is 25.6. The van der Waals surface area contributed by atoms with Crippen LogP contribution in [0.4, 0.5) is 0 Å². The Kier molecular flexibility index (Phi) is 25.4. The maximum atomic E-state index is 11.1. The summed E-state index contributed by atoms with van der Waals surface area (Å²) in [5.41, 5.74) is -0.0886. The molecule has 0 heterocycles. The molecular weight excluding hydrogens is 624 g/mol. The van der Waals surface area contributed by atoms with Crippen LogP contribution < -0.4 is 0 Å². The first-order valence-corrected chi connectivity index (χ1v) is 19.1. The molecule has 0 aliphatic rings. The van der Waals surface area contributed by atoms with Crippen molar-refractivity contribution in [3.05, 3.63) is 0 Å². The van der Waals surface area contributed by atoms with Crippen molar-refractivity contribution in [2.45, 2.75) is 125 Å². The molecule has 296 valence electrons. The number of hydrogen-bond donors (Lipinski definition) is 4. The zero-order chi connectivity index (χ0) is 37.8. The summed E-state index contributed by atoms with van der Waals surface area (Å²) in [6.07, 6.45) is 4.57.